The molecule has 4 nitrogen and oxygen atoms in total. The third kappa shape index (κ3) is 3.22. The topological polar surface area (TPSA) is 49.8 Å². The molecule has 1 saturated heterocycles. The van der Waals surface area contributed by atoms with Crippen LogP contribution in [0.3, 0.4) is 0 Å². The van der Waals surface area contributed by atoms with Crippen LogP contribution in [-0.4, -0.2) is 35.9 Å². The summed E-state index contributed by atoms with van der Waals surface area (Å²) in [6, 6.07) is 1.97. The van der Waals surface area contributed by atoms with Crippen LogP contribution < -0.4 is 0 Å². The fraction of sp³-hybridized carbons (Fsp3) is 0.417. The van der Waals surface area contributed by atoms with Gasteiger partial charge in [-0.3, -0.25) is 4.90 Å². The SMILES string of the molecule is O=C1OCCN1Cc1cc(C#CCCO)cs1. The molecule has 1 amide bonds. The molecule has 1 aliphatic heterocycles. The fourth-order valence-corrected chi connectivity index (χ4v) is 2.34. The van der Waals surface area contributed by atoms with E-state index in [-0.39, 0.29) is 12.7 Å². The number of ether oxygens (including phenoxy) is 1. The van der Waals surface area contributed by atoms with E-state index in [4.69, 9.17) is 9.84 Å². The van der Waals surface area contributed by atoms with Gasteiger partial charge >= 0.3 is 6.09 Å². The number of hydrogen-bond donors (Lipinski definition) is 1. The maximum absolute atomic E-state index is 11.2. The van der Waals surface area contributed by atoms with E-state index in [1.165, 1.54) is 0 Å². The molecule has 2 rings (SSSR count). The number of rotatable bonds is 3. The van der Waals surface area contributed by atoms with E-state index in [0.717, 1.165) is 10.4 Å². The molecule has 0 radical (unpaired) electrons. The van der Waals surface area contributed by atoms with Gasteiger partial charge in [-0.25, -0.2) is 4.79 Å². The number of amides is 1. The van der Waals surface area contributed by atoms with Crippen molar-refractivity contribution in [2.45, 2.75) is 13.0 Å². The molecule has 0 aromatic carbocycles. The summed E-state index contributed by atoms with van der Waals surface area (Å²) in [7, 11) is 0. The summed E-state index contributed by atoms with van der Waals surface area (Å²) in [5.74, 6) is 5.84. The van der Waals surface area contributed by atoms with Gasteiger partial charge in [-0.2, -0.15) is 0 Å². The Balaban J connectivity index is 1.94. The third-order valence-electron chi connectivity index (χ3n) is 2.31. The molecule has 0 spiro atoms. The van der Waals surface area contributed by atoms with Gasteiger partial charge in [0.15, 0.2) is 0 Å². The van der Waals surface area contributed by atoms with Crippen molar-refractivity contribution < 1.29 is 14.6 Å². The van der Waals surface area contributed by atoms with Gasteiger partial charge in [-0.1, -0.05) is 11.8 Å². The van der Waals surface area contributed by atoms with E-state index in [0.29, 0.717) is 26.1 Å². The Morgan fingerprint density at radius 2 is 2.47 bits per heavy atom. The van der Waals surface area contributed by atoms with E-state index in [1.807, 2.05) is 11.4 Å². The molecule has 0 unspecified atom stereocenters. The van der Waals surface area contributed by atoms with Crippen molar-refractivity contribution in [3.63, 3.8) is 0 Å². The normalized spacial score (nSPS) is 14.4. The van der Waals surface area contributed by atoms with Crippen LogP contribution in [0, 0.1) is 11.8 Å². The first-order valence-corrected chi connectivity index (χ1v) is 6.26. The lowest BCUT2D eigenvalue weighted by atomic mass is 10.3. The van der Waals surface area contributed by atoms with Gasteiger partial charge in [0, 0.05) is 22.2 Å². The van der Waals surface area contributed by atoms with Crippen LogP contribution in [0.4, 0.5) is 4.79 Å². The van der Waals surface area contributed by atoms with Crippen LogP contribution in [0.1, 0.15) is 16.9 Å². The molecular weight excluding hydrogens is 238 g/mol. The minimum absolute atomic E-state index is 0.0869. The van der Waals surface area contributed by atoms with Crippen molar-refractivity contribution in [2.75, 3.05) is 19.8 Å². The van der Waals surface area contributed by atoms with Crippen LogP contribution in [0.15, 0.2) is 11.4 Å². The summed E-state index contributed by atoms with van der Waals surface area (Å²) >= 11 is 1.58. The highest BCUT2D eigenvalue weighted by Crippen LogP contribution is 2.18. The minimum atomic E-state index is -0.244. The summed E-state index contributed by atoms with van der Waals surface area (Å²) in [4.78, 5) is 14.0. The average molecular weight is 251 g/mol. The van der Waals surface area contributed by atoms with Gasteiger partial charge in [0.05, 0.1) is 19.7 Å². The second-order valence-corrected chi connectivity index (χ2v) is 4.61. The van der Waals surface area contributed by atoms with Crippen LogP contribution in [0.5, 0.6) is 0 Å². The van der Waals surface area contributed by atoms with E-state index >= 15 is 0 Å². The summed E-state index contributed by atoms with van der Waals surface area (Å²) in [5.41, 5.74) is 0.936. The second-order valence-electron chi connectivity index (χ2n) is 3.61. The van der Waals surface area contributed by atoms with E-state index in [2.05, 4.69) is 11.8 Å². The fourth-order valence-electron chi connectivity index (χ4n) is 1.51. The van der Waals surface area contributed by atoms with Crippen LogP contribution in [-0.2, 0) is 11.3 Å². The van der Waals surface area contributed by atoms with Gasteiger partial charge < -0.3 is 9.84 Å². The molecule has 0 bridgehead atoms. The van der Waals surface area contributed by atoms with E-state index in [9.17, 15) is 4.79 Å². The number of hydrogen-bond acceptors (Lipinski definition) is 4. The Bertz CT molecular complexity index is 458. The Hall–Kier alpha value is -1.51. The van der Waals surface area contributed by atoms with Gasteiger partial charge in [-0.05, 0) is 6.07 Å². The summed E-state index contributed by atoms with van der Waals surface area (Å²) in [6.45, 7) is 1.81. The maximum Gasteiger partial charge on any atom is 0.410 e. The summed E-state index contributed by atoms with van der Waals surface area (Å²) in [6.07, 6.45) is 0.246. The smallest absolute Gasteiger partial charge is 0.410 e. The molecule has 0 aliphatic carbocycles. The van der Waals surface area contributed by atoms with Crippen molar-refractivity contribution in [3.8, 4) is 11.8 Å². The molecule has 0 saturated carbocycles. The largest absolute Gasteiger partial charge is 0.448 e. The van der Waals surface area contributed by atoms with Crippen molar-refractivity contribution in [1.82, 2.24) is 4.90 Å². The quantitative estimate of drug-likeness (QED) is 0.827. The zero-order valence-corrected chi connectivity index (χ0v) is 10.1. The standard InChI is InChI=1S/C12H13NO3S/c14-5-2-1-3-10-7-11(17-9-10)8-13-4-6-16-12(13)15/h7,9,14H,2,4-6,8H2. The Kier molecular flexibility index (Phi) is 4.02. The van der Waals surface area contributed by atoms with Crippen molar-refractivity contribution >= 4 is 17.4 Å². The predicted molar refractivity (Wildman–Crippen MR) is 64.7 cm³/mol. The Labute approximate surface area is 104 Å². The number of nitrogens with zero attached hydrogens (tertiary/aromatic N) is 1. The zero-order valence-electron chi connectivity index (χ0n) is 9.31. The predicted octanol–water partition coefficient (Wildman–Crippen LogP) is 1.43. The average Bonchev–Trinajstić information content (AvgIpc) is 2.91. The molecule has 1 aromatic heterocycles. The van der Waals surface area contributed by atoms with Crippen LogP contribution in [0.25, 0.3) is 0 Å². The number of aliphatic hydroxyl groups is 1. The molecule has 1 aliphatic rings. The molecule has 5 heteroatoms. The highest BCUT2D eigenvalue weighted by atomic mass is 32.1. The molecule has 1 N–H and O–H groups in total. The number of thiophene rings is 1. The highest BCUT2D eigenvalue weighted by molar-refractivity contribution is 7.10. The van der Waals surface area contributed by atoms with Gasteiger partial charge in [0.2, 0.25) is 0 Å². The van der Waals surface area contributed by atoms with E-state index in [1.54, 1.807) is 16.2 Å². The lowest BCUT2D eigenvalue weighted by Crippen LogP contribution is -2.22. The molecule has 17 heavy (non-hydrogen) atoms. The first-order chi connectivity index (χ1) is 8.29. The second kappa shape index (κ2) is 5.71. The Morgan fingerprint density at radius 3 is 3.18 bits per heavy atom. The molecular formula is C12H13NO3S. The van der Waals surface area contributed by atoms with Gasteiger partial charge in [0.25, 0.3) is 0 Å². The molecule has 1 fully saturated rings. The van der Waals surface area contributed by atoms with Crippen molar-refractivity contribution in [3.05, 3.63) is 21.9 Å². The minimum Gasteiger partial charge on any atom is -0.448 e. The maximum atomic E-state index is 11.2. The molecule has 1 aromatic rings. The van der Waals surface area contributed by atoms with Crippen molar-refractivity contribution in [1.29, 1.82) is 0 Å². The first-order valence-electron chi connectivity index (χ1n) is 5.38. The van der Waals surface area contributed by atoms with Crippen LogP contribution in [0.2, 0.25) is 0 Å². The number of carbonyl (C=O) groups is 1. The van der Waals surface area contributed by atoms with Gasteiger partial charge in [0.1, 0.15) is 6.61 Å². The van der Waals surface area contributed by atoms with Crippen LogP contribution >= 0.6 is 11.3 Å². The summed E-state index contributed by atoms with van der Waals surface area (Å²) < 4.78 is 4.86. The van der Waals surface area contributed by atoms with Gasteiger partial charge in [-0.15, -0.1) is 11.3 Å². The first kappa shape index (κ1) is 12.0. The van der Waals surface area contributed by atoms with Crippen molar-refractivity contribution in [2.24, 2.45) is 0 Å². The summed E-state index contributed by atoms with van der Waals surface area (Å²) in [5, 5.41) is 10.6. The monoisotopic (exact) mass is 251 g/mol. The number of cyclic esters (lactones) is 1. The van der Waals surface area contributed by atoms with E-state index < -0.39 is 0 Å². The number of carbonyl (C=O) groups excluding carboxylic acids is 1. The lowest BCUT2D eigenvalue weighted by molar-refractivity contribution is 0.157. The lowest BCUT2D eigenvalue weighted by Gasteiger charge is -2.09. The molecule has 2 heterocycles. The third-order valence-corrected chi connectivity index (χ3v) is 3.24. The Morgan fingerprint density at radius 1 is 1.59 bits per heavy atom. The molecule has 90 valence electrons. The number of aliphatic hydroxyl groups excluding tert-OH is 1. The molecule has 0 atom stereocenters. The zero-order chi connectivity index (χ0) is 12.1. The highest BCUT2D eigenvalue weighted by Gasteiger charge is 2.22.